The molecular formula is C17H24ClN. The van der Waals surface area contributed by atoms with Crippen molar-refractivity contribution >= 4 is 11.6 Å². The van der Waals surface area contributed by atoms with E-state index in [1.165, 1.54) is 30.4 Å². The summed E-state index contributed by atoms with van der Waals surface area (Å²) in [6, 6.07) is 7.44. The third-order valence-corrected chi connectivity index (χ3v) is 5.37. The van der Waals surface area contributed by atoms with Crippen molar-refractivity contribution in [2.75, 3.05) is 0 Å². The normalized spacial score (nSPS) is 26.8. The molecule has 0 radical (unpaired) electrons. The van der Waals surface area contributed by atoms with Gasteiger partial charge in [0.05, 0.1) is 0 Å². The second kappa shape index (κ2) is 4.79. The molecule has 3 rings (SSSR count). The van der Waals surface area contributed by atoms with Gasteiger partial charge in [0.25, 0.3) is 0 Å². The molecule has 0 aromatic heterocycles. The lowest BCUT2D eigenvalue weighted by molar-refractivity contribution is 0.182. The fourth-order valence-corrected chi connectivity index (χ4v) is 3.84. The molecule has 1 aromatic rings. The van der Waals surface area contributed by atoms with Gasteiger partial charge in [-0.2, -0.15) is 0 Å². The largest absolute Gasteiger partial charge is 0.307 e. The summed E-state index contributed by atoms with van der Waals surface area (Å²) >= 11 is 6.19. The highest BCUT2D eigenvalue weighted by atomic mass is 35.5. The van der Waals surface area contributed by atoms with Crippen molar-refractivity contribution in [2.24, 2.45) is 11.3 Å². The molecule has 0 amide bonds. The highest BCUT2D eigenvalue weighted by Gasteiger charge is 2.40. The smallest absolute Gasteiger partial charge is 0.0409 e. The van der Waals surface area contributed by atoms with Crippen molar-refractivity contribution in [3.05, 3.63) is 34.3 Å². The number of benzene rings is 1. The highest BCUT2D eigenvalue weighted by Crippen LogP contribution is 2.46. The van der Waals surface area contributed by atoms with E-state index in [-0.39, 0.29) is 5.41 Å². The van der Waals surface area contributed by atoms with Gasteiger partial charge in [0, 0.05) is 17.1 Å². The molecule has 0 saturated heterocycles. The molecule has 0 bridgehead atoms. The molecule has 2 aliphatic rings. The molecule has 0 spiro atoms. The minimum absolute atomic E-state index is 0.283. The molecule has 2 unspecified atom stereocenters. The zero-order valence-electron chi connectivity index (χ0n) is 12.2. The minimum Gasteiger partial charge on any atom is -0.307 e. The van der Waals surface area contributed by atoms with Crippen molar-refractivity contribution < 1.29 is 0 Å². The molecule has 19 heavy (non-hydrogen) atoms. The van der Waals surface area contributed by atoms with Gasteiger partial charge in [0.1, 0.15) is 0 Å². The fourth-order valence-electron chi connectivity index (χ4n) is 3.66. The van der Waals surface area contributed by atoms with E-state index in [4.69, 9.17) is 11.6 Å². The van der Waals surface area contributed by atoms with Crippen LogP contribution < -0.4 is 5.32 Å². The molecular weight excluding hydrogens is 254 g/mol. The van der Waals surface area contributed by atoms with Gasteiger partial charge >= 0.3 is 0 Å². The molecule has 1 aromatic carbocycles. The van der Waals surface area contributed by atoms with Gasteiger partial charge in [-0.15, -0.1) is 0 Å². The van der Waals surface area contributed by atoms with Crippen LogP contribution >= 0.6 is 11.6 Å². The van der Waals surface area contributed by atoms with E-state index in [1.807, 2.05) is 6.07 Å². The lowest BCUT2D eigenvalue weighted by Gasteiger charge is -2.38. The van der Waals surface area contributed by atoms with Crippen LogP contribution in [-0.4, -0.2) is 6.04 Å². The molecule has 0 heterocycles. The SMILES string of the molecule is CC(NC1c2cc(Cl)ccc2CC1(C)C)C1CCC1. The Morgan fingerprint density at radius 3 is 2.68 bits per heavy atom. The van der Waals surface area contributed by atoms with E-state index in [1.54, 1.807) is 0 Å². The summed E-state index contributed by atoms with van der Waals surface area (Å²) in [5, 5.41) is 4.76. The monoisotopic (exact) mass is 277 g/mol. The topological polar surface area (TPSA) is 12.0 Å². The van der Waals surface area contributed by atoms with Crippen molar-refractivity contribution in [3.8, 4) is 0 Å². The van der Waals surface area contributed by atoms with Crippen LogP contribution in [0.1, 0.15) is 57.2 Å². The number of nitrogens with one attached hydrogen (secondary N) is 1. The van der Waals surface area contributed by atoms with E-state index in [9.17, 15) is 0 Å². The van der Waals surface area contributed by atoms with Gasteiger partial charge in [-0.25, -0.2) is 0 Å². The molecule has 0 aliphatic heterocycles. The lowest BCUT2D eigenvalue weighted by atomic mass is 9.78. The van der Waals surface area contributed by atoms with Crippen LogP contribution in [0.15, 0.2) is 18.2 Å². The standard InChI is InChI=1S/C17H24ClN/c1-11(12-5-4-6-12)19-16-15-9-14(18)8-7-13(15)10-17(16,2)3/h7-9,11-12,16,19H,4-6,10H2,1-3H3. The first-order valence-corrected chi connectivity index (χ1v) is 7.89. The predicted octanol–water partition coefficient (Wildman–Crippen LogP) is 4.74. The van der Waals surface area contributed by atoms with Crippen molar-refractivity contribution in [1.82, 2.24) is 5.32 Å². The molecule has 2 aliphatic carbocycles. The highest BCUT2D eigenvalue weighted by molar-refractivity contribution is 6.30. The summed E-state index contributed by atoms with van der Waals surface area (Å²) in [6.45, 7) is 7.08. The number of rotatable bonds is 3. The van der Waals surface area contributed by atoms with Crippen LogP contribution in [0.5, 0.6) is 0 Å². The van der Waals surface area contributed by atoms with Gasteiger partial charge in [0.15, 0.2) is 0 Å². The van der Waals surface area contributed by atoms with Gasteiger partial charge in [0.2, 0.25) is 0 Å². The number of fused-ring (bicyclic) bond motifs is 1. The molecule has 2 atom stereocenters. The summed E-state index contributed by atoms with van der Waals surface area (Å²) in [6.07, 6.45) is 5.34. The van der Waals surface area contributed by atoms with E-state index < -0.39 is 0 Å². The van der Waals surface area contributed by atoms with Crippen LogP contribution in [0.2, 0.25) is 5.02 Å². The first-order chi connectivity index (χ1) is 8.97. The van der Waals surface area contributed by atoms with Crippen LogP contribution in [0.4, 0.5) is 0 Å². The second-order valence-corrected chi connectivity index (χ2v) is 7.52. The average molecular weight is 278 g/mol. The maximum absolute atomic E-state index is 6.19. The third-order valence-electron chi connectivity index (χ3n) is 5.13. The molecule has 1 fully saturated rings. The first kappa shape index (κ1) is 13.5. The number of hydrogen-bond donors (Lipinski definition) is 1. The summed E-state index contributed by atoms with van der Waals surface area (Å²) in [5.41, 5.74) is 3.17. The first-order valence-electron chi connectivity index (χ1n) is 7.52. The van der Waals surface area contributed by atoms with Crippen LogP contribution in [0, 0.1) is 11.3 Å². The summed E-state index contributed by atoms with van der Waals surface area (Å²) in [5.74, 6) is 0.874. The van der Waals surface area contributed by atoms with Crippen LogP contribution in [0.25, 0.3) is 0 Å². The van der Waals surface area contributed by atoms with Gasteiger partial charge < -0.3 is 5.32 Å². The molecule has 1 nitrogen and oxygen atoms in total. The quantitative estimate of drug-likeness (QED) is 0.841. The fraction of sp³-hybridized carbons (Fsp3) is 0.647. The Bertz CT molecular complexity index is 476. The number of hydrogen-bond acceptors (Lipinski definition) is 1. The Morgan fingerprint density at radius 1 is 1.32 bits per heavy atom. The summed E-state index contributed by atoms with van der Waals surface area (Å²) in [7, 11) is 0. The maximum Gasteiger partial charge on any atom is 0.0409 e. The summed E-state index contributed by atoms with van der Waals surface area (Å²) in [4.78, 5) is 0. The lowest BCUT2D eigenvalue weighted by Crippen LogP contribution is -2.42. The Kier molecular flexibility index (Phi) is 3.39. The zero-order chi connectivity index (χ0) is 13.6. The van der Waals surface area contributed by atoms with E-state index in [0.717, 1.165) is 17.4 Å². The molecule has 2 heteroatoms. The molecule has 104 valence electrons. The Hall–Kier alpha value is -0.530. The second-order valence-electron chi connectivity index (χ2n) is 7.09. The minimum atomic E-state index is 0.283. The third kappa shape index (κ3) is 2.43. The van der Waals surface area contributed by atoms with Gasteiger partial charge in [-0.1, -0.05) is 37.9 Å². The van der Waals surface area contributed by atoms with Crippen molar-refractivity contribution in [3.63, 3.8) is 0 Å². The van der Waals surface area contributed by atoms with Crippen molar-refractivity contribution in [1.29, 1.82) is 0 Å². The Balaban J connectivity index is 1.84. The average Bonchev–Trinajstić information content (AvgIpc) is 2.48. The van der Waals surface area contributed by atoms with Crippen molar-refractivity contribution in [2.45, 2.75) is 58.5 Å². The van der Waals surface area contributed by atoms with Crippen LogP contribution in [-0.2, 0) is 6.42 Å². The molecule has 1 N–H and O–H groups in total. The van der Waals surface area contributed by atoms with E-state index >= 15 is 0 Å². The van der Waals surface area contributed by atoms with Crippen LogP contribution in [0.3, 0.4) is 0 Å². The van der Waals surface area contributed by atoms with Gasteiger partial charge in [-0.05, 0) is 60.8 Å². The van der Waals surface area contributed by atoms with E-state index in [2.05, 4.69) is 38.2 Å². The Morgan fingerprint density at radius 2 is 2.05 bits per heavy atom. The number of halogens is 1. The summed E-state index contributed by atoms with van der Waals surface area (Å²) < 4.78 is 0. The zero-order valence-corrected chi connectivity index (χ0v) is 12.9. The Labute approximate surface area is 121 Å². The molecule has 1 saturated carbocycles. The predicted molar refractivity (Wildman–Crippen MR) is 81.6 cm³/mol. The van der Waals surface area contributed by atoms with Gasteiger partial charge in [-0.3, -0.25) is 0 Å². The van der Waals surface area contributed by atoms with E-state index in [0.29, 0.717) is 12.1 Å². The maximum atomic E-state index is 6.19.